The molecule has 3 aliphatic heterocycles. The smallest absolute Gasteiger partial charge is 0.324 e. The summed E-state index contributed by atoms with van der Waals surface area (Å²) >= 11 is 0. The highest BCUT2D eigenvalue weighted by Gasteiger charge is 2.35. The summed E-state index contributed by atoms with van der Waals surface area (Å²) < 4.78 is 14.0. The van der Waals surface area contributed by atoms with Gasteiger partial charge >= 0.3 is 6.03 Å². The summed E-state index contributed by atoms with van der Waals surface area (Å²) in [5.74, 6) is 0.137. The second kappa shape index (κ2) is 20.3. The lowest BCUT2D eigenvalue weighted by Gasteiger charge is -2.38. The van der Waals surface area contributed by atoms with Gasteiger partial charge < -0.3 is 31.1 Å². The Morgan fingerprint density at radius 3 is 2.41 bits per heavy atom. The van der Waals surface area contributed by atoms with E-state index in [0.717, 1.165) is 70.1 Å². The molecule has 308 valence electrons. The predicted molar refractivity (Wildman–Crippen MR) is 236 cm³/mol. The molecule has 12 nitrogen and oxygen atoms in total. The maximum Gasteiger partial charge on any atom is 0.324 e. The van der Waals surface area contributed by atoms with Crippen molar-refractivity contribution in [2.24, 2.45) is 26.8 Å². The fourth-order valence-corrected chi connectivity index (χ4v) is 8.50. The molecule has 3 saturated heterocycles. The summed E-state index contributed by atoms with van der Waals surface area (Å²) in [7, 11) is 1.88. The van der Waals surface area contributed by atoms with E-state index in [9.17, 15) is 14.0 Å². The summed E-state index contributed by atoms with van der Waals surface area (Å²) in [4.78, 5) is 39.6. The van der Waals surface area contributed by atoms with Crippen LogP contribution in [0.25, 0.3) is 6.08 Å². The van der Waals surface area contributed by atoms with Crippen LogP contribution in [0.1, 0.15) is 61.1 Å². The number of hydrogen-bond donors (Lipinski definition) is 3. The van der Waals surface area contributed by atoms with Gasteiger partial charge in [0.15, 0.2) is 11.5 Å². The molecule has 0 aliphatic carbocycles. The molecule has 3 heterocycles. The fourth-order valence-electron chi connectivity index (χ4n) is 8.50. The highest BCUT2D eigenvalue weighted by atomic mass is 19.1. The van der Waals surface area contributed by atoms with E-state index in [1.807, 2.05) is 25.3 Å². The molecule has 13 heteroatoms. The number of amidine groups is 1. The second-order valence-corrected chi connectivity index (χ2v) is 15.6. The number of likely N-dealkylation sites (tertiary alicyclic amines) is 1. The molecule has 0 radical (unpaired) electrons. The summed E-state index contributed by atoms with van der Waals surface area (Å²) in [5, 5.41) is 13.9. The van der Waals surface area contributed by atoms with Crippen LogP contribution in [0.15, 0.2) is 88.5 Å². The Kier molecular flexibility index (Phi) is 14.8. The van der Waals surface area contributed by atoms with Gasteiger partial charge in [-0.15, -0.1) is 5.10 Å². The van der Waals surface area contributed by atoms with Gasteiger partial charge in [0.1, 0.15) is 5.82 Å². The highest BCUT2D eigenvalue weighted by molar-refractivity contribution is 6.68. The molecule has 3 amide bonds. The van der Waals surface area contributed by atoms with Crippen LogP contribution in [-0.2, 0) is 4.79 Å². The lowest BCUT2D eigenvalue weighted by atomic mass is 9.88. The Morgan fingerprint density at radius 2 is 1.74 bits per heavy atom. The van der Waals surface area contributed by atoms with E-state index >= 15 is 0 Å². The third-order valence-electron chi connectivity index (χ3n) is 11.9. The second-order valence-electron chi connectivity index (χ2n) is 15.6. The van der Waals surface area contributed by atoms with Crippen LogP contribution in [0.5, 0.6) is 0 Å². The van der Waals surface area contributed by atoms with Crippen molar-refractivity contribution in [2.75, 3.05) is 81.1 Å². The molecule has 3 aromatic rings. The minimum absolute atomic E-state index is 0.152. The number of aliphatic imine (C=N–C) groups is 1. The molecule has 3 aromatic carbocycles. The number of hydrogen-bond acceptors (Lipinski definition) is 8. The molecule has 0 spiro atoms. The Labute approximate surface area is 342 Å². The predicted octanol–water partition coefficient (Wildman–Crippen LogP) is 6.54. The van der Waals surface area contributed by atoms with E-state index in [0.29, 0.717) is 31.1 Å². The lowest BCUT2D eigenvalue weighted by molar-refractivity contribution is -0.111. The first-order valence-corrected chi connectivity index (χ1v) is 20.6. The van der Waals surface area contributed by atoms with Crippen molar-refractivity contribution in [3.05, 3.63) is 95.8 Å². The van der Waals surface area contributed by atoms with Crippen LogP contribution in [0.4, 0.5) is 26.2 Å². The van der Waals surface area contributed by atoms with Gasteiger partial charge in [-0.2, -0.15) is 5.10 Å². The Hall–Kier alpha value is -5.40. The summed E-state index contributed by atoms with van der Waals surface area (Å²) in [6.07, 6.45) is 8.03. The van der Waals surface area contributed by atoms with Crippen LogP contribution in [0, 0.1) is 18.7 Å². The third kappa shape index (κ3) is 10.8. The van der Waals surface area contributed by atoms with E-state index in [-0.39, 0.29) is 30.2 Å². The third-order valence-corrected chi connectivity index (χ3v) is 11.9. The fraction of sp³-hybridized carbons (Fsp3) is 0.444. The number of nitrogens with one attached hydrogen (secondary N) is 2. The topological polar surface area (TPSA) is 134 Å². The molecule has 58 heavy (non-hydrogen) atoms. The summed E-state index contributed by atoms with van der Waals surface area (Å²) in [6, 6.07) is 20.5. The Morgan fingerprint density at radius 1 is 0.983 bits per heavy atom. The molecule has 4 N–H and O–H groups in total. The summed E-state index contributed by atoms with van der Waals surface area (Å²) in [6.45, 7) is 16.9. The van der Waals surface area contributed by atoms with Crippen molar-refractivity contribution in [2.45, 2.75) is 57.4 Å². The standard InChI is InChI=1S/C45H59FN10O2/c1-5-34-28-39(16-11-32(34)2)54-24-17-33(18-25-54)31-53-22-19-36(20-23-53)35-12-14-38(15-13-35)51-44(42(43(47)57)52-49-4)50-30-41(10-7-21-48-3)56-27-26-55(45(56)58)40-9-6-8-37(46)29-40/h5-6,8-9,11-16,28-29,33,36,41,48H,1,4,7,10,17-27,30-31H2,2-3H3,(H2,47,57)(H,50,51)/b52-42-. The van der Waals surface area contributed by atoms with Gasteiger partial charge in [-0.1, -0.05) is 36.9 Å². The molecular formula is C45H59FN10O2. The maximum absolute atomic E-state index is 14.0. The van der Waals surface area contributed by atoms with Gasteiger partial charge in [0, 0.05) is 56.5 Å². The SMILES string of the molecule is C=Cc1cc(N2CCC(CN3CCC(c4ccc(NC(=N/CC(CCCNC)N5CCN(c6cccc(F)c6)C5=O)/C(=N\N=C)C(N)=O)cc4)CC3)CC2)ccc1C. The number of halogens is 1. The Balaban J connectivity index is 1.06. The molecule has 1 atom stereocenters. The molecule has 0 bridgehead atoms. The van der Waals surface area contributed by atoms with Crippen molar-refractivity contribution in [3.63, 3.8) is 0 Å². The zero-order valence-corrected chi connectivity index (χ0v) is 34.1. The molecule has 0 aromatic heterocycles. The largest absolute Gasteiger partial charge is 0.371 e. The number of rotatable bonds is 17. The number of piperidine rings is 2. The van der Waals surface area contributed by atoms with Crippen molar-refractivity contribution >= 4 is 53.3 Å². The average molecular weight is 791 g/mol. The molecule has 3 fully saturated rings. The van der Waals surface area contributed by atoms with Crippen LogP contribution in [0.3, 0.4) is 0 Å². The number of urea groups is 1. The quantitative estimate of drug-likeness (QED) is 0.0616. The minimum atomic E-state index is -0.804. The number of benzene rings is 3. The maximum atomic E-state index is 14.0. The molecule has 1 unspecified atom stereocenters. The average Bonchev–Trinajstić information content (AvgIpc) is 3.62. The van der Waals surface area contributed by atoms with Gasteiger partial charge in [0.2, 0.25) is 0 Å². The van der Waals surface area contributed by atoms with Crippen molar-refractivity contribution in [1.82, 2.24) is 15.1 Å². The van der Waals surface area contributed by atoms with Gasteiger partial charge in [-0.25, -0.2) is 9.18 Å². The van der Waals surface area contributed by atoms with Crippen molar-refractivity contribution < 1.29 is 14.0 Å². The number of nitrogens with zero attached hydrogens (tertiary/aromatic N) is 7. The number of anilines is 3. The number of carbonyl (C=O) groups excluding carboxylic acids is 2. The number of amides is 3. The molecule has 6 rings (SSSR count). The zero-order chi connectivity index (χ0) is 41.0. The lowest BCUT2D eigenvalue weighted by Crippen LogP contribution is -2.42. The molecule has 0 saturated carbocycles. The molecular weight excluding hydrogens is 732 g/mol. The van der Waals surface area contributed by atoms with Crippen LogP contribution >= 0.6 is 0 Å². The number of primary amides is 1. The monoisotopic (exact) mass is 790 g/mol. The van der Waals surface area contributed by atoms with Crippen LogP contribution in [-0.4, -0.2) is 112 Å². The van der Waals surface area contributed by atoms with Crippen LogP contribution < -0.4 is 26.2 Å². The van der Waals surface area contributed by atoms with E-state index in [1.54, 1.807) is 21.9 Å². The van der Waals surface area contributed by atoms with Crippen molar-refractivity contribution in [3.8, 4) is 0 Å². The Bertz CT molecular complexity index is 1950. The highest BCUT2D eigenvalue weighted by Crippen LogP contribution is 2.32. The number of aryl methyl sites for hydroxylation is 1. The van der Waals surface area contributed by atoms with E-state index in [4.69, 9.17) is 10.7 Å². The van der Waals surface area contributed by atoms with E-state index in [1.165, 1.54) is 47.4 Å². The zero-order valence-electron chi connectivity index (χ0n) is 34.1. The minimum Gasteiger partial charge on any atom is -0.371 e. The summed E-state index contributed by atoms with van der Waals surface area (Å²) in [5.41, 5.74) is 11.9. The first-order valence-electron chi connectivity index (χ1n) is 20.6. The first kappa shape index (κ1) is 42.2. The van der Waals surface area contributed by atoms with Gasteiger partial charge in [-0.3, -0.25) is 14.7 Å². The molecule has 3 aliphatic rings. The van der Waals surface area contributed by atoms with E-state index < -0.39 is 11.7 Å². The first-order chi connectivity index (χ1) is 28.2. The van der Waals surface area contributed by atoms with Gasteiger partial charge in [0.25, 0.3) is 5.91 Å². The number of carbonyl (C=O) groups is 2. The normalized spacial score (nSPS) is 18.1. The van der Waals surface area contributed by atoms with Gasteiger partial charge in [-0.05, 0) is 143 Å². The van der Waals surface area contributed by atoms with E-state index in [2.05, 4.69) is 81.2 Å². The van der Waals surface area contributed by atoms with Crippen LogP contribution in [0.2, 0.25) is 0 Å². The van der Waals surface area contributed by atoms with Crippen molar-refractivity contribution in [1.29, 1.82) is 0 Å². The van der Waals surface area contributed by atoms with Gasteiger partial charge in [0.05, 0.1) is 12.6 Å². The number of nitrogens with two attached hydrogens (primary N) is 1.